The Morgan fingerprint density at radius 1 is 1.31 bits per heavy atom. The molecule has 0 fully saturated rings. The molecular weight excluding hydrogens is 181 g/mol. The standard InChI is InChI=1S/C10H12FNSi/c1-12-9-7-5-6-8(11)10(9)13(2,3)4/h5-7H,2-4H3. The zero-order valence-electron chi connectivity index (χ0n) is 8.06. The summed E-state index contributed by atoms with van der Waals surface area (Å²) in [6.07, 6.45) is 0. The molecule has 0 aliphatic rings. The highest BCUT2D eigenvalue weighted by atomic mass is 28.3. The summed E-state index contributed by atoms with van der Waals surface area (Å²) in [6.45, 7) is 13.1. The first kappa shape index (κ1) is 9.94. The zero-order chi connectivity index (χ0) is 10.1. The van der Waals surface area contributed by atoms with E-state index in [4.69, 9.17) is 6.57 Å². The van der Waals surface area contributed by atoms with Gasteiger partial charge in [0.05, 0.1) is 14.6 Å². The molecule has 1 rings (SSSR count). The first-order valence-corrected chi connectivity index (χ1v) is 7.63. The van der Waals surface area contributed by atoms with Crippen molar-refractivity contribution in [3.8, 4) is 0 Å². The molecule has 1 aromatic carbocycles. The van der Waals surface area contributed by atoms with Crippen LogP contribution in [0, 0.1) is 12.4 Å². The van der Waals surface area contributed by atoms with Gasteiger partial charge in [-0.05, 0) is 11.3 Å². The van der Waals surface area contributed by atoms with Gasteiger partial charge in [-0.15, -0.1) is 0 Å². The van der Waals surface area contributed by atoms with Crippen LogP contribution < -0.4 is 5.19 Å². The molecule has 13 heavy (non-hydrogen) atoms. The summed E-state index contributed by atoms with van der Waals surface area (Å²) in [7, 11) is -1.73. The topological polar surface area (TPSA) is 4.36 Å². The molecule has 0 aromatic heterocycles. The normalized spacial score (nSPS) is 11.0. The summed E-state index contributed by atoms with van der Waals surface area (Å²) < 4.78 is 13.4. The molecule has 0 aliphatic carbocycles. The molecule has 0 saturated carbocycles. The Morgan fingerprint density at radius 2 is 1.92 bits per heavy atom. The molecule has 0 heterocycles. The average molecular weight is 193 g/mol. The number of hydrogen-bond acceptors (Lipinski definition) is 0. The lowest BCUT2D eigenvalue weighted by Crippen LogP contribution is -2.40. The average Bonchev–Trinajstić information content (AvgIpc) is 2.01. The van der Waals surface area contributed by atoms with Crippen molar-refractivity contribution in [1.82, 2.24) is 0 Å². The van der Waals surface area contributed by atoms with E-state index in [1.807, 2.05) is 19.6 Å². The predicted molar refractivity (Wildman–Crippen MR) is 55.6 cm³/mol. The van der Waals surface area contributed by atoms with E-state index in [2.05, 4.69) is 4.85 Å². The smallest absolute Gasteiger partial charge is 0.189 e. The summed E-state index contributed by atoms with van der Waals surface area (Å²) in [6, 6.07) is 4.71. The lowest BCUT2D eigenvalue weighted by molar-refractivity contribution is 0.635. The van der Waals surface area contributed by atoms with E-state index >= 15 is 0 Å². The van der Waals surface area contributed by atoms with E-state index in [1.165, 1.54) is 6.07 Å². The van der Waals surface area contributed by atoms with Crippen LogP contribution >= 0.6 is 0 Å². The maximum atomic E-state index is 13.4. The maximum Gasteiger partial charge on any atom is 0.189 e. The van der Waals surface area contributed by atoms with Gasteiger partial charge in [0.2, 0.25) is 0 Å². The van der Waals surface area contributed by atoms with Crippen molar-refractivity contribution in [3.63, 3.8) is 0 Å². The Labute approximate surface area is 79.0 Å². The van der Waals surface area contributed by atoms with Gasteiger partial charge < -0.3 is 0 Å². The second-order valence-electron chi connectivity index (χ2n) is 4.00. The Kier molecular flexibility index (Phi) is 2.53. The number of benzene rings is 1. The van der Waals surface area contributed by atoms with Crippen LogP contribution in [0.5, 0.6) is 0 Å². The van der Waals surface area contributed by atoms with Gasteiger partial charge >= 0.3 is 0 Å². The van der Waals surface area contributed by atoms with Crippen molar-refractivity contribution in [1.29, 1.82) is 0 Å². The Bertz CT molecular complexity index is 360. The molecule has 0 atom stereocenters. The summed E-state index contributed by atoms with van der Waals surface area (Å²) in [5.74, 6) is -0.229. The van der Waals surface area contributed by atoms with Crippen molar-refractivity contribution in [3.05, 3.63) is 35.4 Å². The molecular formula is C10H12FNSi. The van der Waals surface area contributed by atoms with Crippen LogP contribution in [0.3, 0.4) is 0 Å². The van der Waals surface area contributed by atoms with E-state index in [-0.39, 0.29) is 5.82 Å². The van der Waals surface area contributed by atoms with Crippen molar-refractivity contribution in [2.75, 3.05) is 0 Å². The van der Waals surface area contributed by atoms with E-state index in [1.54, 1.807) is 12.1 Å². The van der Waals surface area contributed by atoms with Gasteiger partial charge in [0.15, 0.2) is 5.69 Å². The van der Waals surface area contributed by atoms with Crippen molar-refractivity contribution < 1.29 is 4.39 Å². The van der Waals surface area contributed by atoms with Crippen molar-refractivity contribution in [2.45, 2.75) is 19.6 Å². The molecule has 0 amide bonds. The molecule has 68 valence electrons. The quantitative estimate of drug-likeness (QED) is 0.477. The third-order valence-corrected chi connectivity index (χ3v) is 3.86. The van der Waals surface area contributed by atoms with Gasteiger partial charge in [-0.3, -0.25) is 0 Å². The van der Waals surface area contributed by atoms with Gasteiger partial charge in [-0.2, -0.15) is 0 Å². The molecule has 1 aromatic rings. The van der Waals surface area contributed by atoms with Gasteiger partial charge in [-0.25, -0.2) is 9.24 Å². The minimum Gasteiger partial charge on any atom is -0.238 e. The van der Waals surface area contributed by atoms with Crippen molar-refractivity contribution >= 4 is 18.9 Å². The fourth-order valence-corrected chi connectivity index (χ4v) is 3.06. The fraction of sp³-hybridized carbons (Fsp3) is 0.300. The lowest BCUT2D eigenvalue weighted by Gasteiger charge is -2.18. The second-order valence-corrected chi connectivity index (χ2v) is 9.00. The zero-order valence-corrected chi connectivity index (χ0v) is 9.06. The second kappa shape index (κ2) is 3.31. The minimum absolute atomic E-state index is 0.229. The van der Waals surface area contributed by atoms with Crippen molar-refractivity contribution in [2.24, 2.45) is 0 Å². The largest absolute Gasteiger partial charge is 0.238 e. The van der Waals surface area contributed by atoms with Gasteiger partial charge in [0.25, 0.3) is 0 Å². The van der Waals surface area contributed by atoms with E-state index in [0.717, 1.165) is 0 Å². The third kappa shape index (κ3) is 1.96. The summed E-state index contributed by atoms with van der Waals surface area (Å²) in [4.78, 5) is 3.34. The van der Waals surface area contributed by atoms with Crippen LogP contribution in [0.2, 0.25) is 19.6 Å². The van der Waals surface area contributed by atoms with E-state index < -0.39 is 8.07 Å². The predicted octanol–water partition coefficient (Wildman–Crippen LogP) is 2.92. The Balaban J connectivity index is 3.43. The summed E-state index contributed by atoms with van der Waals surface area (Å²) >= 11 is 0. The van der Waals surface area contributed by atoms with Crippen LogP contribution in [0.4, 0.5) is 10.1 Å². The van der Waals surface area contributed by atoms with E-state index in [0.29, 0.717) is 10.9 Å². The van der Waals surface area contributed by atoms with Crippen LogP contribution in [-0.2, 0) is 0 Å². The number of rotatable bonds is 1. The van der Waals surface area contributed by atoms with Crippen LogP contribution in [0.25, 0.3) is 4.85 Å². The Hall–Kier alpha value is -1.14. The highest BCUT2D eigenvalue weighted by Crippen LogP contribution is 2.16. The summed E-state index contributed by atoms with van der Waals surface area (Å²) in [5, 5.41) is 0.644. The van der Waals surface area contributed by atoms with Crippen LogP contribution in [0.1, 0.15) is 0 Å². The first-order chi connectivity index (χ1) is 5.96. The number of halogens is 1. The van der Waals surface area contributed by atoms with Crippen LogP contribution in [-0.4, -0.2) is 8.07 Å². The van der Waals surface area contributed by atoms with Gasteiger partial charge in [-0.1, -0.05) is 31.8 Å². The molecule has 0 aliphatic heterocycles. The maximum absolute atomic E-state index is 13.4. The molecule has 3 heteroatoms. The molecule has 0 saturated heterocycles. The van der Waals surface area contributed by atoms with Gasteiger partial charge in [0, 0.05) is 0 Å². The fourth-order valence-electron chi connectivity index (χ4n) is 1.35. The first-order valence-electron chi connectivity index (χ1n) is 4.13. The Morgan fingerprint density at radius 3 is 2.31 bits per heavy atom. The lowest BCUT2D eigenvalue weighted by atomic mass is 10.3. The molecule has 0 N–H and O–H groups in total. The molecule has 0 spiro atoms. The molecule has 1 nitrogen and oxygen atoms in total. The highest BCUT2D eigenvalue weighted by Gasteiger charge is 2.23. The minimum atomic E-state index is -1.73. The molecule has 0 unspecified atom stereocenters. The van der Waals surface area contributed by atoms with Gasteiger partial charge in [0.1, 0.15) is 5.82 Å². The summed E-state index contributed by atoms with van der Waals surface area (Å²) in [5.41, 5.74) is 0.471. The SMILES string of the molecule is [C-]#[N+]c1cccc(F)c1[Si](C)(C)C. The number of hydrogen-bond donors (Lipinski definition) is 0. The third-order valence-electron chi connectivity index (χ3n) is 1.86. The van der Waals surface area contributed by atoms with Crippen LogP contribution in [0.15, 0.2) is 18.2 Å². The molecule has 0 bridgehead atoms. The highest BCUT2D eigenvalue weighted by molar-refractivity contribution is 6.89. The monoisotopic (exact) mass is 193 g/mol. The molecule has 0 radical (unpaired) electrons. The number of nitrogens with zero attached hydrogens (tertiary/aromatic N) is 1. The van der Waals surface area contributed by atoms with E-state index in [9.17, 15) is 4.39 Å².